The van der Waals surface area contributed by atoms with Crippen LogP contribution in [0, 0.1) is 22.8 Å². The molecule has 1 saturated heterocycles. The molecule has 0 spiro atoms. The quantitative estimate of drug-likeness (QED) is 0.429. The molecule has 2 aromatic rings. The number of rotatable bonds is 3. The highest BCUT2D eigenvalue weighted by Crippen LogP contribution is 2.40. The minimum absolute atomic E-state index is 0.0370. The molecule has 6 N–H and O–H groups in total. The van der Waals surface area contributed by atoms with E-state index >= 15 is 0 Å². The second-order valence-corrected chi connectivity index (χ2v) is 8.26. The number of benzene rings is 1. The van der Waals surface area contributed by atoms with Crippen LogP contribution in [0.5, 0.6) is 0 Å². The standard InChI is InChI=1S/C20H21N9S/c21-9-14-16(23)15-17(26-20(25-11-22)28-19(15)27-18(14)24)13-3-1-2-12(8-13)10-29-4-6-30-7-5-29/h1-3,8,17H,4-7,10H2,(H6,23,24,25,26,27,28). The van der Waals surface area contributed by atoms with Gasteiger partial charge in [0, 0.05) is 36.7 Å². The minimum Gasteiger partial charge on any atom is -0.397 e. The molecule has 0 bridgehead atoms. The van der Waals surface area contributed by atoms with Crippen molar-refractivity contribution < 1.29 is 0 Å². The summed E-state index contributed by atoms with van der Waals surface area (Å²) in [5.74, 6) is 2.98. The Morgan fingerprint density at radius 3 is 2.80 bits per heavy atom. The Hall–Kier alpha value is -3.47. The number of nitrogens with two attached hydrogens (primary N) is 2. The fourth-order valence-corrected chi connectivity index (χ4v) is 4.68. The normalized spacial score (nSPS) is 18.3. The third-order valence-electron chi connectivity index (χ3n) is 5.13. The number of guanidine groups is 1. The first kappa shape index (κ1) is 19.8. The molecule has 1 atom stereocenters. The maximum Gasteiger partial charge on any atom is 0.211 e. The third-order valence-corrected chi connectivity index (χ3v) is 6.08. The largest absolute Gasteiger partial charge is 0.397 e. The van der Waals surface area contributed by atoms with Gasteiger partial charge in [-0.15, -0.1) is 0 Å². The van der Waals surface area contributed by atoms with E-state index in [2.05, 4.69) is 37.6 Å². The van der Waals surface area contributed by atoms with Gasteiger partial charge in [-0.25, -0.2) is 9.98 Å². The van der Waals surface area contributed by atoms with E-state index in [0.29, 0.717) is 11.4 Å². The zero-order chi connectivity index (χ0) is 21.1. The van der Waals surface area contributed by atoms with Gasteiger partial charge in [-0.1, -0.05) is 24.3 Å². The molecule has 0 radical (unpaired) electrons. The van der Waals surface area contributed by atoms with Crippen LogP contribution in [-0.2, 0) is 6.54 Å². The topological polar surface area (TPSA) is 152 Å². The van der Waals surface area contributed by atoms with Crippen molar-refractivity contribution in [1.29, 1.82) is 10.5 Å². The number of hydrogen-bond acceptors (Lipinski definition) is 10. The van der Waals surface area contributed by atoms with Crippen LogP contribution in [0.15, 0.2) is 29.3 Å². The predicted molar refractivity (Wildman–Crippen MR) is 118 cm³/mol. The Morgan fingerprint density at radius 1 is 1.27 bits per heavy atom. The zero-order valence-corrected chi connectivity index (χ0v) is 17.0. The van der Waals surface area contributed by atoms with Crippen LogP contribution >= 0.6 is 11.8 Å². The van der Waals surface area contributed by atoms with Crippen molar-refractivity contribution in [3.8, 4) is 12.3 Å². The highest BCUT2D eigenvalue weighted by Gasteiger charge is 2.29. The highest BCUT2D eigenvalue weighted by atomic mass is 32.2. The lowest BCUT2D eigenvalue weighted by Gasteiger charge is -2.28. The first-order valence-corrected chi connectivity index (χ1v) is 10.6. The van der Waals surface area contributed by atoms with Crippen molar-refractivity contribution in [1.82, 2.24) is 15.2 Å². The number of hydrogen-bond donors (Lipinski definition) is 4. The fraction of sp³-hybridized carbons (Fsp3) is 0.300. The number of nitriles is 2. The fourth-order valence-electron chi connectivity index (χ4n) is 3.70. The van der Waals surface area contributed by atoms with E-state index in [1.807, 2.05) is 36.2 Å². The summed E-state index contributed by atoms with van der Waals surface area (Å²) in [6.45, 7) is 3.00. The molecule has 9 nitrogen and oxygen atoms in total. The summed E-state index contributed by atoms with van der Waals surface area (Å²) in [5, 5.41) is 23.9. The SMILES string of the molecule is N#CNC1=NC(c2cccc(CN3CCSCC3)c2)c2c(nc(N)c(C#N)c2N)N1. The molecule has 0 amide bonds. The summed E-state index contributed by atoms with van der Waals surface area (Å²) >= 11 is 1.98. The molecule has 4 rings (SSSR count). The molecule has 2 aliphatic heterocycles. The first-order valence-electron chi connectivity index (χ1n) is 9.48. The van der Waals surface area contributed by atoms with Crippen molar-refractivity contribution in [3.63, 3.8) is 0 Å². The maximum absolute atomic E-state index is 9.45. The Kier molecular flexibility index (Phi) is 5.61. The first-order chi connectivity index (χ1) is 14.6. The minimum atomic E-state index is -0.519. The van der Waals surface area contributed by atoms with E-state index in [4.69, 9.17) is 16.7 Å². The van der Waals surface area contributed by atoms with Crippen LogP contribution in [0.4, 0.5) is 17.3 Å². The van der Waals surface area contributed by atoms with Crippen molar-refractivity contribution in [3.05, 3.63) is 46.5 Å². The number of nitrogen functional groups attached to an aromatic ring is 2. The molecule has 1 unspecified atom stereocenters. The van der Waals surface area contributed by atoms with Crippen molar-refractivity contribution in [2.45, 2.75) is 12.6 Å². The van der Waals surface area contributed by atoms with E-state index in [-0.39, 0.29) is 23.0 Å². The van der Waals surface area contributed by atoms with Crippen LogP contribution < -0.4 is 22.1 Å². The molecule has 1 fully saturated rings. The van der Waals surface area contributed by atoms with Crippen LogP contribution in [0.2, 0.25) is 0 Å². The number of nitrogens with zero attached hydrogens (tertiary/aromatic N) is 5. The van der Waals surface area contributed by atoms with E-state index in [1.165, 1.54) is 5.56 Å². The van der Waals surface area contributed by atoms with Crippen LogP contribution in [0.3, 0.4) is 0 Å². The average Bonchev–Trinajstić information content (AvgIpc) is 2.74. The molecule has 0 aliphatic carbocycles. The molecule has 152 valence electrons. The number of aliphatic imine (C=N–C) groups is 1. The van der Waals surface area contributed by atoms with Gasteiger partial charge in [-0.2, -0.15) is 22.3 Å². The van der Waals surface area contributed by atoms with Gasteiger partial charge in [-0.05, 0) is 11.1 Å². The number of pyridine rings is 1. The van der Waals surface area contributed by atoms with E-state index in [1.54, 1.807) is 0 Å². The molecule has 10 heteroatoms. The molecule has 3 heterocycles. The number of nitrogens with one attached hydrogen (secondary N) is 2. The lowest BCUT2D eigenvalue weighted by Crippen LogP contribution is -2.33. The van der Waals surface area contributed by atoms with E-state index < -0.39 is 6.04 Å². The van der Waals surface area contributed by atoms with E-state index in [9.17, 15) is 5.26 Å². The van der Waals surface area contributed by atoms with Crippen LogP contribution in [-0.4, -0.2) is 40.4 Å². The van der Waals surface area contributed by atoms with Crippen molar-refractivity contribution in [2.75, 3.05) is 41.4 Å². The van der Waals surface area contributed by atoms with Gasteiger partial charge >= 0.3 is 0 Å². The molecule has 2 aliphatic rings. The lowest BCUT2D eigenvalue weighted by molar-refractivity contribution is 0.294. The molecule has 0 saturated carbocycles. The van der Waals surface area contributed by atoms with Crippen LogP contribution in [0.1, 0.15) is 28.3 Å². The summed E-state index contributed by atoms with van der Waals surface area (Å²) in [5.41, 5.74) is 15.2. The Labute approximate surface area is 178 Å². The van der Waals surface area contributed by atoms with Crippen LogP contribution in [0.25, 0.3) is 0 Å². The lowest BCUT2D eigenvalue weighted by atomic mass is 9.94. The maximum atomic E-state index is 9.45. The summed E-state index contributed by atoms with van der Waals surface area (Å²) < 4.78 is 0. The van der Waals surface area contributed by atoms with E-state index in [0.717, 1.165) is 36.7 Å². The Morgan fingerprint density at radius 2 is 2.07 bits per heavy atom. The number of fused-ring (bicyclic) bond motifs is 1. The molecular formula is C20H21N9S. The summed E-state index contributed by atoms with van der Waals surface area (Å²) in [6, 6.07) is 9.64. The van der Waals surface area contributed by atoms with Gasteiger partial charge in [0.2, 0.25) is 5.96 Å². The second-order valence-electron chi connectivity index (χ2n) is 7.04. The third kappa shape index (κ3) is 3.83. The van der Waals surface area contributed by atoms with Gasteiger partial charge in [0.05, 0.1) is 5.69 Å². The average molecular weight is 420 g/mol. The van der Waals surface area contributed by atoms with Gasteiger partial charge in [0.15, 0.2) is 6.19 Å². The summed E-state index contributed by atoms with van der Waals surface area (Å²) in [7, 11) is 0. The zero-order valence-electron chi connectivity index (χ0n) is 16.2. The number of anilines is 3. The van der Waals surface area contributed by atoms with Gasteiger partial charge in [-0.3, -0.25) is 10.2 Å². The smallest absolute Gasteiger partial charge is 0.211 e. The van der Waals surface area contributed by atoms with Gasteiger partial charge in [0.1, 0.15) is 29.3 Å². The summed E-state index contributed by atoms with van der Waals surface area (Å²) in [6.07, 6.45) is 1.86. The Balaban J connectivity index is 1.75. The Bertz CT molecular complexity index is 1080. The number of aromatic nitrogens is 1. The highest BCUT2D eigenvalue weighted by molar-refractivity contribution is 7.99. The molecule has 30 heavy (non-hydrogen) atoms. The molecular weight excluding hydrogens is 398 g/mol. The second kappa shape index (κ2) is 8.49. The van der Waals surface area contributed by atoms with Crippen molar-refractivity contribution >= 4 is 35.0 Å². The monoisotopic (exact) mass is 419 g/mol. The number of thioether (sulfide) groups is 1. The molecule has 1 aromatic heterocycles. The van der Waals surface area contributed by atoms with Crippen molar-refractivity contribution in [2.24, 2.45) is 4.99 Å². The predicted octanol–water partition coefficient (Wildman–Crippen LogP) is 1.61. The summed E-state index contributed by atoms with van der Waals surface area (Å²) in [4.78, 5) is 11.3. The molecule has 1 aromatic carbocycles. The van der Waals surface area contributed by atoms with Gasteiger partial charge < -0.3 is 16.8 Å². The van der Waals surface area contributed by atoms with Gasteiger partial charge in [0.25, 0.3) is 0 Å².